The monoisotopic (exact) mass is 692 g/mol. The van der Waals surface area contributed by atoms with Crippen molar-refractivity contribution in [2.24, 2.45) is 0 Å². The molecule has 7 heterocycles. The number of aromatic nitrogens is 3. The zero-order valence-corrected chi connectivity index (χ0v) is 28.2. The molecule has 0 radical (unpaired) electrons. The molecule has 0 aliphatic carbocycles. The van der Waals surface area contributed by atoms with Crippen molar-refractivity contribution in [2.75, 3.05) is 63.2 Å². The lowest BCUT2D eigenvalue weighted by Crippen LogP contribution is -2.55. The number of piperazine rings is 1. The van der Waals surface area contributed by atoms with Crippen molar-refractivity contribution in [2.45, 2.75) is 64.1 Å². The van der Waals surface area contributed by atoms with Crippen molar-refractivity contribution in [3.05, 3.63) is 34.5 Å². The van der Waals surface area contributed by atoms with Gasteiger partial charge in [0.15, 0.2) is 11.6 Å². The number of fused-ring (bicyclic) bond motifs is 6. The summed E-state index contributed by atoms with van der Waals surface area (Å²) in [6.07, 6.45) is 2.46. The molecule has 3 fully saturated rings. The minimum atomic E-state index is -0.664. The number of nitrogen functional groups attached to an aromatic ring is 1. The standard InChI is InChI=1S/C34H38F2N8O4S/c1-17(43-5-7-46-8-6-43)14-48-34-40-30-27(33(41-34)44-19-3-4-20(44)13-42(12-19)11-18(2)45)23-16-47-15-22(23)25(28(30)36)29-26-21(9-37)32(38)49-31(26)24(35)10-39-29/h10,17-20,45H,3-8,11-16,38H2,1-2H3. The van der Waals surface area contributed by atoms with E-state index in [0.29, 0.717) is 43.1 Å². The van der Waals surface area contributed by atoms with E-state index in [1.54, 1.807) is 6.92 Å². The molecule has 258 valence electrons. The average molecular weight is 693 g/mol. The summed E-state index contributed by atoms with van der Waals surface area (Å²) in [5.74, 6) is -0.695. The minimum absolute atomic E-state index is 0.0471. The fourth-order valence-electron chi connectivity index (χ4n) is 8.06. The Hall–Kier alpha value is -3.78. The Bertz CT molecular complexity index is 1970. The molecule has 3 saturated heterocycles. The van der Waals surface area contributed by atoms with Gasteiger partial charge in [-0.1, -0.05) is 0 Å². The molecule has 49 heavy (non-hydrogen) atoms. The number of nitriles is 1. The van der Waals surface area contributed by atoms with Gasteiger partial charge in [0.1, 0.15) is 29.0 Å². The summed E-state index contributed by atoms with van der Waals surface area (Å²) >= 11 is 0.940. The maximum atomic E-state index is 17.4. The van der Waals surface area contributed by atoms with E-state index in [0.717, 1.165) is 62.1 Å². The molecule has 0 spiro atoms. The third-order valence-electron chi connectivity index (χ3n) is 10.2. The molecule has 15 heteroatoms. The molecule has 8 rings (SSSR count). The average Bonchev–Trinajstić information content (AvgIpc) is 3.78. The van der Waals surface area contributed by atoms with Gasteiger partial charge in [-0.25, -0.2) is 8.78 Å². The smallest absolute Gasteiger partial charge is 0.319 e. The Labute approximate surface area is 286 Å². The van der Waals surface area contributed by atoms with Crippen molar-refractivity contribution in [1.29, 1.82) is 5.26 Å². The van der Waals surface area contributed by atoms with Crippen LogP contribution in [0.1, 0.15) is 43.4 Å². The lowest BCUT2D eigenvalue weighted by molar-refractivity contribution is 0.00975. The van der Waals surface area contributed by atoms with E-state index in [4.69, 9.17) is 29.9 Å². The fourth-order valence-corrected chi connectivity index (χ4v) is 8.98. The number of hydrogen-bond donors (Lipinski definition) is 2. The van der Waals surface area contributed by atoms with Gasteiger partial charge in [0.25, 0.3) is 0 Å². The molecule has 3 aromatic heterocycles. The van der Waals surface area contributed by atoms with Gasteiger partial charge in [-0.05, 0) is 37.8 Å². The number of halogens is 2. The summed E-state index contributed by atoms with van der Waals surface area (Å²) in [5.41, 5.74) is 7.80. The summed E-state index contributed by atoms with van der Waals surface area (Å²) in [6, 6.07) is 2.38. The maximum Gasteiger partial charge on any atom is 0.319 e. The summed E-state index contributed by atoms with van der Waals surface area (Å²) in [6.45, 7) is 9.40. The van der Waals surface area contributed by atoms with E-state index in [-0.39, 0.29) is 74.8 Å². The quantitative estimate of drug-likeness (QED) is 0.277. The van der Waals surface area contributed by atoms with Crippen LogP contribution in [-0.4, -0.2) is 107 Å². The molecule has 4 unspecified atom stereocenters. The number of morpholine rings is 1. The molecule has 1 aromatic carbocycles. The molecule has 4 aliphatic rings. The van der Waals surface area contributed by atoms with Gasteiger partial charge in [-0.2, -0.15) is 15.2 Å². The number of ether oxygens (including phenoxy) is 3. The number of rotatable bonds is 8. The summed E-state index contributed by atoms with van der Waals surface area (Å²) in [5, 5.41) is 21.0. The van der Waals surface area contributed by atoms with Gasteiger partial charge in [0.2, 0.25) is 0 Å². The van der Waals surface area contributed by atoms with Gasteiger partial charge in [0, 0.05) is 61.8 Å². The van der Waals surface area contributed by atoms with Crippen molar-refractivity contribution < 1.29 is 28.1 Å². The molecule has 0 saturated carbocycles. The zero-order chi connectivity index (χ0) is 34.0. The molecule has 3 N–H and O–H groups in total. The number of nitrogens with zero attached hydrogens (tertiary/aromatic N) is 7. The number of β-amino-alcohol motifs (C(OH)–C–C–N with tert-alkyl or cyclic N) is 1. The Balaban J connectivity index is 1.30. The Morgan fingerprint density at radius 2 is 1.84 bits per heavy atom. The minimum Gasteiger partial charge on any atom is -0.462 e. The van der Waals surface area contributed by atoms with Crippen molar-refractivity contribution in [3.63, 3.8) is 0 Å². The van der Waals surface area contributed by atoms with Crippen molar-refractivity contribution in [1.82, 2.24) is 24.8 Å². The van der Waals surface area contributed by atoms with E-state index in [1.165, 1.54) is 0 Å². The molecule has 4 atom stereocenters. The van der Waals surface area contributed by atoms with E-state index >= 15 is 8.78 Å². The van der Waals surface area contributed by atoms with Crippen molar-refractivity contribution >= 4 is 43.1 Å². The van der Waals surface area contributed by atoms with Crippen LogP contribution in [0.3, 0.4) is 0 Å². The van der Waals surface area contributed by atoms with Crippen LogP contribution in [0.5, 0.6) is 6.01 Å². The highest BCUT2D eigenvalue weighted by Crippen LogP contribution is 2.48. The van der Waals surface area contributed by atoms with E-state index in [2.05, 4.69) is 32.7 Å². The number of likely N-dealkylation sites (tertiary alicyclic amines) is 1. The number of anilines is 2. The third-order valence-corrected chi connectivity index (χ3v) is 11.3. The topological polar surface area (TPSA) is 146 Å². The number of benzene rings is 1. The number of aliphatic hydroxyl groups excluding tert-OH is 1. The summed E-state index contributed by atoms with van der Waals surface area (Å²) in [7, 11) is 0. The van der Waals surface area contributed by atoms with Crippen LogP contribution in [0.25, 0.3) is 32.2 Å². The first kappa shape index (κ1) is 32.4. The normalized spacial score (nSPS) is 22.5. The fraction of sp³-hybridized carbons (Fsp3) is 0.529. The van der Waals surface area contributed by atoms with Crippen LogP contribution >= 0.6 is 11.3 Å². The van der Waals surface area contributed by atoms with Gasteiger partial charge in [-0.15, -0.1) is 11.3 Å². The van der Waals surface area contributed by atoms with E-state index < -0.39 is 17.7 Å². The second-order valence-electron chi connectivity index (χ2n) is 13.5. The van der Waals surface area contributed by atoms with Gasteiger partial charge < -0.3 is 30.0 Å². The highest BCUT2D eigenvalue weighted by atomic mass is 32.1. The van der Waals surface area contributed by atoms with Crippen LogP contribution in [0, 0.1) is 23.0 Å². The van der Waals surface area contributed by atoms with Crippen molar-refractivity contribution in [3.8, 4) is 23.3 Å². The van der Waals surface area contributed by atoms with Gasteiger partial charge >= 0.3 is 6.01 Å². The zero-order valence-electron chi connectivity index (χ0n) is 27.4. The molecular weight excluding hydrogens is 654 g/mol. The molecule has 4 aliphatic heterocycles. The van der Waals surface area contributed by atoms with Crippen LogP contribution in [0.15, 0.2) is 6.20 Å². The summed E-state index contributed by atoms with van der Waals surface area (Å²) in [4.78, 5) is 20.9. The molecule has 12 nitrogen and oxygen atoms in total. The maximum absolute atomic E-state index is 17.4. The number of aliphatic hydroxyl groups is 1. The lowest BCUT2D eigenvalue weighted by Gasteiger charge is -2.42. The van der Waals surface area contributed by atoms with Crippen LogP contribution < -0.4 is 15.4 Å². The Morgan fingerprint density at radius 3 is 2.55 bits per heavy atom. The number of pyridine rings is 1. The van der Waals surface area contributed by atoms with Crippen LogP contribution in [0.4, 0.5) is 19.6 Å². The number of hydrogen-bond acceptors (Lipinski definition) is 13. The first-order chi connectivity index (χ1) is 23.7. The first-order valence-electron chi connectivity index (χ1n) is 16.8. The predicted octanol–water partition coefficient (Wildman–Crippen LogP) is 3.80. The molecule has 0 amide bonds. The van der Waals surface area contributed by atoms with E-state index in [1.807, 2.05) is 0 Å². The largest absolute Gasteiger partial charge is 0.462 e. The van der Waals surface area contributed by atoms with Crippen LogP contribution in [0.2, 0.25) is 0 Å². The molecule has 2 bridgehead atoms. The van der Waals surface area contributed by atoms with Gasteiger partial charge in [0.05, 0.1) is 60.1 Å². The van der Waals surface area contributed by atoms with Gasteiger partial charge in [-0.3, -0.25) is 14.8 Å². The van der Waals surface area contributed by atoms with Crippen LogP contribution in [-0.2, 0) is 22.7 Å². The van der Waals surface area contributed by atoms with E-state index in [9.17, 15) is 10.4 Å². The second-order valence-corrected chi connectivity index (χ2v) is 14.5. The molecular formula is C34H38F2N8O4S. The third kappa shape index (κ3) is 5.55. The lowest BCUT2D eigenvalue weighted by atomic mass is 9.93. The number of nitrogens with two attached hydrogens (primary N) is 1. The second kappa shape index (κ2) is 12.8. The molecule has 4 aromatic rings. The number of thiophene rings is 1. The predicted molar refractivity (Wildman–Crippen MR) is 180 cm³/mol. The summed E-state index contributed by atoms with van der Waals surface area (Å²) < 4.78 is 50.3. The highest BCUT2D eigenvalue weighted by Gasteiger charge is 2.43. The first-order valence-corrected chi connectivity index (χ1v) is 17.6. The SMILES string of the molecule is CC(O)CN1CC2CCC(C1)N2c1nc(OCC(C)N2CCOCC2)nc2c(F)c(-c3ncc(F)c4sc(N)c(C#N)c34)c3c(c12)COC3. The Morgan fingerprint density at radius 1 is 1.10 bits per heavy atom. The Kier molecular flexibility index (Phi) is 8.49. The highest BCUT2D eigenvalue weighted by molar-refractivity contribution is 7.23.